The summed E-state index contributed by atoms with van der Waals surface area (Å²) in [4.78, 5) is 24.8. The molecule has 2 saturated heterocycles. The van der Waals surface area contributed by atoms with Crippen LogP contribution in [-0.4, -0.2) is 41.9 Å². The number of likely N-dealkylation sites (tertiary alicyclic amines) is 1. The molecule has 1 aromatic rings. The second-order valence-electron chi connectivity index (χ2n) is 5.86. The molecule has 120 valence electrons. The molecule has 1 unspecified atom stereocenters. The van der Waals surface area contributed by atoms with Crippen molar-refractivity contribution in [3.63, 3.8) is 0 Å². The molecule has 3 rings (SSSR count). The zero-order valence-corrected chi connectivity index (χ0v) is 14.3. The minimum atomic E-state index is -0.478. The van der Waals surface area contributed by atoms with E-state index in [9.17, 15) is 14.9 Å². The van der Waals surface area contributed by atoms with Gasteiger partial charge in [0.25, 0.3) is 11.6 Å². The Hall–Kier alpha value is -1.18. The van der Waals surface area contributed by atoms with Crippen molar-refractivity contribution >= 4 is 39.9 Å². The van der Waals surface area contributed by atoms with Gasteiger partial charge < -0.3 is 10.2 Å². The maximum atomic E-state index is 12.6. The summed E-state index contributed by atoms with van der Waals surface area (Å²) in [5.41, 5.74) is 0.511. The molecule has 1 N–H and O–H groups in total. The zero-order chi connectivity index (χ0) is 15.0. The number of carbonyl (C=O) groups excluding carboxylic acids is 1. The molecule has 2 fully saturated rings. The van der Waals surface area contributed by atoms with Gasteiger partial charge in [0, 0.05) is 47.2 Å². The summed E-state index contributed by atoms with van der Waals surface area (Å²) >= 11 is 3.23. The summed E-state index contributed by atoms with van der Waals surface area (Å²) in [7, 11) is 0. The second-order valence-corrected chi connectivity index (χ2v) is 6.77. The smallest absolute Gasteiger partial charge is 0.271 e. The van der Waals surface area contributed by atoms with E-state index in [4.69, 9.17) is 0 Å². The molecule has 0 radical (unpaired) electrons. The number of nitro groups is 1. The molecule has 22 heavy (non-hydrogen) atoms. The molecule has 6 nitrogen and oxygen atoms in total. The summed E-state index contributed by atoms with van der Waals surface area (Å²) in [6, 6.07) is 4.40. The van der Waals surface area contributed by atoms with E-state index in [1.54, 1.807) is 6.07 Å². The maximum absolute atomic E-state index is 12.6. The number of hydrogen-bond donors (Lipinski definition) is 1. The molecule has 8 heteroatoms. The first kappa shape index (κ1) is 17.2. The number of nitro benzene ring substituents is 1. The average molecular weight is 391 g/mol. The summed E-state index contributed by atoms with van der Waals surface area (Å²) in [5.74, 6) is -0.122. The number of hydrogen-bond acceptors (Lipinski definition) is 4. The topological polar surface area (TPSA) is 75.5 Å². The van der Waals surface area contributed by atoms with Crippen LogP contribution in [-0.2, 0) is 0 Å². The predicted octanol–water partition coefficient (Wildman–Crippen LogP) is 2.60. The van der Waals surface area contributed by atoms with E-state index < -0.39 is 4.92 Å². The SMILES string of the molecule is Cl.O=C(c1cc(Br)cc([N+](=O)[O-])c1)N1CCC2(CCNC2)C1. The standard InChI is InChI=1S/C14H16BrN3O3.ClH/c15-11-5-10(6-12(7-11)18(20)21)13(19)17-4-2-14(9-17)1-3-16-8-14;/h5-7,16H,1-4,8-9H2;1H. The maximum Gasteiger partial charge on any atom is 0.271 e. The van der Waals surface area contributed by atoms with Crippen molar-refractivity contribution in [2.24, 2.45) is 5.41 Å². The Bertz CT molecular complexity index is 605. The highest BCUT2D eigenvalue weighted by Crippen LogP contribution is 2.36. The Morgan fingerprint density at radius 3 is 2.77 bits per heavy atom. The van der Waals surface area contributed by atoms with E-state index >= 15 is 0 Å². The van der Waals surface area contributed by atoms with Crippen molar-refractivity contribution in [3.05, 3.63) is 38.3 Å². The molecule has 2 heterocycles. The van der Waals surface area contributed by atoms with Crippen LogP contribution in [0.15, 0.2) is 22.7 Å². The van der Waals surface area contributed by atoms with Crippen LogP contribution in [0.3, 0.4) is 0 Å². The Balaban J connectivity index is 0.00000176. The highest BCUT2D eigenvalue weighted by atomic mass is 79.9. The van der Waals surface area contributed by atoms with E-state index in [0.717, 1.165) is 39.0 Å². The van der Waals surface area contributed by atoms with Gasteiger partial charge in [-0.05, 0) is 25.5 Å². The molecular weight excluding hydrogens is 374 g/mol. The summed E-state index contributed by atoms with van der Waals surface area (Å²) < 4.78 is 0.552. The third-order valence-corrected chi connectivity index (χ3v) is 4.86. The van der Waals surface area contributed by atoms with E-state index in [1.165, 1.54) is 12.1 Å². The number of nitrogens with zero attached hydrogens (tertiary/aromatic N) is 2. The summed E-state index contributed by atoms with van der Waals surface area (Å²) in [6.45, 7) is 3.42. The van der Waals surface area contributed by atoms with Gasteiger partial charge in [0.2, 0.25) is 0 Å². The van der Waals surface area contributed by atoms with E-state index in [1.807, 2.05) is 4.90 Å². The lowest BCUT2D eigenvalue weighted by atomic mass is 9.86. The molecule has 0 aliphatic carbocycles. The van der Waals surface area contributed by atoms with E-state index in [-0.39, 0.29) is 29.4 Å². The normalized spacial score (nSPS) is 23.6. The van der Waals surface area contributed by atoms with Gasteiger partial charge in [-0.3, -0.25) is 14.9 Å². The number of amides is 1. The Morgan fingerprint density at radius 1 is 1.36 bits per heavy atom. The molecule has 0 saturated carbocycles. The van der Waals surface area contributed by atoms with Gasteiger partial charge in [0.15, 0.2) is 0 Å². The lowest BCUT2D eigenvalue weighted by molar-refractivity contribution is -0.385. The highest BCUT2D eigenvalue weighted by Gasteiger charge is 2.42. The Labute approximate surface area is 142 Å². The van der Waals surface area contributed by atoms with Gasteiger partial charge in [-0.2, -0.15) is 0 Å². The zero-order valence-electron chi connectivity index (χ0n) is 11.9. The fourth-order valence-electron chi connectivity index (χ4n) is 3.24. The lowest BCUT2D eigenvalue weighted by Crippen LogP contribution is -2.33. The first-order valence-corrected chi connectivity index (χ1v) is 7.73. The second kappa shape index (κ2) is 6.52. The number of halogens is 2. The molecule has 1 atom stereocenters. The average Bonchev–Trinajstić information content (AvgIpc) is 3.08. The van der Waals surface area contributed by atoms with Crippen LogP contribution in [0.5, 0.6) is 0 Å². The Morgan fingerprint density at radius 2 is 2.14 bits per heavy atom. The lowest BCUT2D eigenvalue weighted by Gasteiger charge is -2.22. The van der Waals surface area contributed by atoms with Crippen LogP contribution in [0.25, 0.3) is 0 Å². The van der Waals surface area contributed by atoms with Crippen LogP contribution in [0.2, 0.25) is 0 Å². The third-order valence-electron chi connectivity index (χ3n) is 4.40. The van der Waals surface area contributed by atoms with Gasteiger partial charge in [-0.25, -0.2) is 0 Å². The van der Waals surface area contributed by atoms with Crippen molar-refractivity contribution in [3.8, 4) is 0 Å². The van der Waals surface area contributed by atoms with Crippen molar-refractivity contribution in [2.45, 2.75) is 12.8 Å². The molecule has 0 aromatic heterocycles. The van der Waals surface area contributed by atoms with Crippen molar-refractivity contribution < 1.29 is 9.72 Å². The monoisotopic (exact) mass is 389 g/mol. The predicted molar refractivity (Wildman–Crippen MR) is 88.5 cm³/mol. The number of carbonyl (C=O) groups is 1. The van der Waals surface area contributed by atoms with Gasteiger partial charge in [-0.15, -0.1) is 12.4 Å². The van der Waals surface area contributed by atoms with Crippen molar-refractivity contribution in [1.29, 1.82) is 0 Å². The Kier molecular flexibility index (Phi) is 5.09. The van der Waals surface area contributed by atoms with Crippen LogP contribution in [0.4, 0.5) is 5.69 Å². The minimum Gasteiger partial charge on any atom is -0.338 e. The fraction of sp³-hybridized carbons (Fsp3) is 0.500. The van der Waals surface area contributed by atoms with Crippen LogP contribution < -0.4 is 5.32 Å². The number of rotatable bonds is 2. The quantitative estimate of drug-likeness (QED) is 0.622. The van der Waals surface area contributed by atoms with Crippen LogP contribution in [0.1, 0.15) is 23.2 Å². The first-order valence-electron chi connectivity index (χ1n) is 6.94. The van der Waals surface area contributed by atoms with E-state index in [0.29, 0.717) is 10.0 Å². The molecule has 1 aromatic carbocycles. The summed E-state index contributed by atoms with van der Waals surface area (Å²) in [5, 5.41) is 14.3. The van der Waals surface area contributed by atoms with Gasteiger partial charge >= 0.3 is 0 Å². The molecular formula is C14H17BrClN3O3. The fourth-order valence-corrected chi connectivity index (χ4v) is 3.72. The van der Waals surface area contributed by atoms with Gasteiger partial charge in [-0.1, -0.05) is 15.9 Å². The van der Waals surface area contributed by atoms with E-state index in [2.05, 4.69) is 21.2 Å². The number of nitrogens with one attached hydrogen (secondary N) is 1. The number of non-ortho nitro benzene ring substituents is 1. The molecule has 1 amide bonds. The third kappa shape index (κ3) is 3.26. The van der Waals surface area contributed by atoms with Gasteiger partial charge in [0.1, 0.15) is 0 Å². The van der Waals surface area contributed by atoms with Crippen LogP contribution >= 0.6 is 28.3 Å². The van der Waals surface area contributed by atoms with Gasteiger partial charge in [0.05, 0.1) is 4.92 Å². The molecule has 2 aliphatic heterocycles. The largest absolute Gasteiger partial charge is 0.338 e. The minimum absolute atomic E-state index is 0. The van der Waals surface area contributed by atoms with Crippen molar-refractivity contribution in [2.75, 3.05) is 26.2 Å². The van der Waals surface area contributed by atoms with Crippen LogP contribution in [0, 0.1) is 15.5 Å². The molecule has 0 bridgehead atoms. The number of benzene rings is 1. The first-order chi connectivity index (χ1) is 9.99. The highest BCUT2D eigenvalue weighted by molar-refractivity contribution is 9.10. The summed E-state index contributed by atoms with van der Waals surface area (Å²) in [6.07, 6.45) is 2.09. The van der Waals surface area contributed by atoms with Crippen molar-refractivity contribution in [1.82, 2.24) is 10.2 Å². The molecule has 2 aliphatic rings. The molecule has 1 spiro atoms.